The fraction of sp³-hybridized carbons (Fsp3) is 0.211. The van der Waals surface area contributed by atoms with Gasteiger partial charge in [-0.25, -0.2) is 4.39 Å². The van der Waals surface area contributed by atoms with Gasteiger partial charge in [0.25, 0.3) is 0 Å². The zero-order valence-electron chi connectivity index (χ0n) is 15.8. The first-order valence-corrected chi connectivity index (χ1v) is 8.25. The number of ether oxygens (including phenoxy) is 1. The molecule has 0 bridgehead atoms. The Labute approximate surface area is 169 Å². The van der Waals surface area contributed by atoms with E-state index in [1.807, 2.05) is 0 Å². The predicted molar refractivity (Wildman–Crippen MR) is 99.4 cm³/mol. The predicted octanol–water partition coefficient (Wildman–Crippen LogP) is 3.46. The van der Waals surface area contributed by atoms with Crippen molar-refractivity contribution in [2.75, 3.05) is 0 Å². The number of hydrogen-bond acceptors (Lipinski definition) is 7. The molecule has 2 aromatic carbocycles. The zero-order chi connectivity index (χ0) is 23.0. The second kappa shape index (κ2) is 10.5. The van der Waals surface area contributed by atoms with E-state index in [4.69, 9.17) is 26.1 Å². The third-order valence-corrected chi connectivity index (χ3v) is 3.61. The van der Waals surface area contributed by atoms with Gasteiger partial charge in [0, 0.05) is 6.07 Å². The van der Waals surface area contributed by atoms with Crippen LogP contribution in [-0.2, 0) is 4.79 Å². The average molecular weight is 418 g/mol. The molecular weight excluding hydrogens is 402 g/mol. The van der Waals surface area contributed by atoms with Crippen molar-refractivity contribution in [2.24, 2.45) is 11.7 Å². The van der Waals surface area contributed by atoms with Crippen LogP contribution in [0.5, 0.6) is 11.5 Å². The van der Waals surface area contributed by atoms with Crippen LogP contribution in [0, 0.1) is 50.3 Å². The number of aliphatic carboxylic acids is 1. The van der Waals surface area contributed by atoms with Gasteiger partial charge in [0.05, 0.1) is 28.2 Å². The highest BCUT2D eigenvalue weighted by molar-refractivity contribution is 5.73. The van der Waals surface area contributed by atoms with Crippen LogP contribution in [-0.4, -0.2) is 22.0 Å². The number of carbonyl (C=O) groups is 1. The molecule has 11 heteroatoms. The van der Waals surface area contributed by atoms with E-state index < -0.39 is 40.0 Å². The quantitative estimate of drug-likeness (QED) is 0.550. The van der Waals surface area contributed by atoms with Gasteiger partial charge in [0.15, 0.2) is 5.82 Å². The van der Waals surface area contributed by atoms with E-state index in [0.717, 1.165) is 18.2 Å². The van der Waals surface area contributed by atoms with Crippen LogP contribution in [0.1, 0.15) is 25.0 Å². The largest absolute Gasteiger partial charge is 0.480 e. The Bertz CT molecular complexity index is 1010. The number of benzene rings is 2. The lowest BCUT2D eigenvalue weighted by Gasteiger charge is -2.08. The number of halogens is 2. The highest BCUT2D eigenvalue weighted by atomic mass is 19.2. The minimum absolute atomic E-state index is 0.0208. The van der Waals surface area contributed by atoms with Crippen molar-refractivity contribution < 1.29 is 28.3 Å². The smallest absolute Gasteiger partial charge is 0.320 e. The average Bonchev–Trinajstić information content (AvgIpc) is 2.70. The van der Waals surface area contributed by atoms with Crippen molar-refractivity contribution in [3.63, 3.8) is 0 Å². The Morgan fingerprint density at radius 3 is 2.10 bits per heavy atom. The van der Waals surface area contributed by atoms with Crippen LogP contribution in [0.25, 0.3) is 0 Å². The van der Waals surface area contributed by atoms with E-state index in [1.165, 1.54) is 6.07 Å². The summed E-state index contributed by atoms with van der Waals surface area (Å²) in [5.74, 6) is -4.88. The molecule has 9 nitrogen and oxygen atoms in total. The molecule has 2 aromatic rings. The van der Waals surface area contributed by atoms with E-state index >= 15 is 0 Å². The minimum Gasteiger partial charge on any atom is -0.480 e. The molecule has 0 saturated heterocycles. The number of nitrogens with zero attached hydrogens (tertiary/aromatic N) is 3. The van der Waals surface area contributed by atoms with Gasteiger partial charge in [-0.1, -0.05) is 13.8 Å². The van der Waals surface area contributed by atoms with E-state index in [2.05, 4.69) is 0 Å². The number of rotatable bonds is 5. The molecule has 0 radical (unpaired) electrons. The number of nitro groups is 1. The van der Waals surface area contributed by atoms with Gasteiger partial charge in [-0.15, -0.1) is 0 Å². The molecule has 3 N–H and O–H groups in total. The Morgan fingerprint density at radius 2 is 1.73 bits per heavy atom. The zero-order valence-corrected chi connectivity index (χ0v) is 15.8. The summed E-state index contributed by atoms with van der Waals surface area (Å²) in [4.78, 5) is 19.9. The number of hydrogen-bond donors (Lipinski definition) is 2. The lowest BCUT2D eigenvalue weighted by Crippen LogP contribution is -2.34. The maximum absolute atomic E-state index is 13.7. The molecule has 0 aliphatic carbocycles. The number of carboxylic acid groups (broad SMARTS) is 1. The maximum Gasteiger partial charge on any atom is 0.320 e. The van der Waals surface area contributed by atoms with Crippen molar-refractivity contribution in [3.05, 3.63) is 63.2 Å². The lowest BCUT2D eigenvalue weighted by molar-refractivity contribution is -0.385. The number of carboxylic acids is 1. The van der Waals surface area contributed by atoms with Gasteiger partial charge in [-0.2, -0.15) is 14.9 Å². The molecule has 0 heterocycles. The topological polar surface area (TPSA) is 163 Å². The summed E-state index contributed by atoms with van der Waals surface area (Å²) >= 11 is 0. The van der Waals surface area contributed by atoms with Crippen molar-refractivity contribution in [1.29, 1.82) is 10.5 Å². The standard InChI is InChI=1S/C14H5F2N3O3.C5H11NO2/c15-11-1-2-12(19(20)21)14(13(11)16)22-10-4-8(6-17)3-9(5-10)7-18;1-3(2)4(6)5(7)8/h1-5H;3-4H,6H2,1-2H3,(H,7,8)/t;4-/m.0/s1. The van der Waals surface area contributed by atoms with Crippen molar-refractivity contribution >= 4 is 11.7 Å². The normalized spacial score (nSPS) is 10.8. The van der Waals surface area contributed by atoms with Crippen LogP contribution < -0.4 is 10.5 Å². The molecule has 0 aliphatic heterocycles. The first-order chi connectivity index (χ1) is 14.0. The summed E-state index contributed by atoms with van der Waals surface area (Å²) in [6.45, 7) is 3.55. The summed E-state index contributed by atoms with van der Waals surface area (Å²) in [7, 11) is 0. The Morgan fingerprint density at radius 1 is 1.20 bits per heavy atom. The fourth-order valence-electron chi connectivity index (χ4n) is 1.95. The number of nitro benzene ring substituents is 1. The maximum atomic E-state index is 13.7. The first kappa shape index (κ1) is 23.9. The first-order valence-electron chi connectivity index (χ1n) is 8.25. The van der Waals surface area contributed by atoms with Crippen LogP contribution in [0.15, 0.2) is 30.3 Å². The highest BCUT2D eigenvalue weighted by Gasteiger charge is 2.24. The molecule has 0 aromatic heterocycles. The molecule has 156 valence electrons. The van der Waals surface area contributed by atoms with Crippen LogP contribution >= 0.6 is 0 Å². The molecule has 0 aliphatic rings. The van der Waals surface area contributed by atoms with Crippen molar-refractivity contribution in [3.8, 4) is 23.6 Å². The van der Waals surface area contributed by atoms with Crippen molar-refractivity contribution in [2.45, 2.75) is 19.9 Å². The molecule has 1 atom stereocenters. The molecule has 0 fully saturated rings. The summed E-state index contributed by atoms with van der Waals surface area (Å²) in [6, 6.07) is 7.71. The SMILES string of the molecule is CC(C)[C@H](N)C(=O)O.N#Cc1cc(C#N)cc(Oc2c([N+](=O)[O-])ccc(F)c2F)c1. The Hall–Kier alpha value is -4.09. The molecule has 0 amide bonds. The highest BCUT2D eigenvalue weighted by Crippen LogP contribution is 2.35. The fourth-order valence-corrected chi connectivity index (χ4v) is 1.95. The van der Waals surface area contributed by atoms with E-state index in [-0.39, 0.29) is 22.8 Å². The summed E-state index contributed by atoms with van der Waals surface area (Å²) < 4.78 is 32.0. The second-order valence-electron chi connectivity index (χ2n) is 6.15. The van der Waals surface area contributed by atoms with Gasteiger partial charge in [0.2, 0.25) is 11.6 Å². The van der Waals surface area contributed by atoms with Crippen LogP contribution in [0.2, 0.25) is 0 Å². The number of nitrogens with two attached hydrogens (primary N) is 1. The van der Waals surface area contributed by atoms with Gasteiger partial charge in [-0.05, 0) is 30.2 Å². The Kier molecular flexibility index (Phi) is 8.34. The summed E-state index contributed by atoms with van der Waals surface area (Å²) in [5.41, 5.74) is 4.45. The monoisotopic (exact) mass is 418 g/mol. The van der Waals surface area contributed by atoms with Gasteiger partial charge in [-0.3, -0.25) is 14.9 Å². The summed E-state index contributed by atoms with van der Waals surface area (Å²) in [5, 5.41) is 36.7. The summed E-state index contributed by atoms with van der Waals surface area (Å²) in [6.07, 6.45) is 0. The molecule has 2 rings (SSSR count). The number of nitriles is 2. The lowest BCUT2D eigenvalue weighted by atomic mass is 10.1. The third kappa shape index (κ3) is 6.22. The Balaban J connectivity index is 0.000000479. The van der Waals surface area contributed by atoms with E-state index in [9.17, 15) is 23.7 Å². The van der Waals surface area contributed by atoms with Gasteiger partial charge >= 0.3 is 11.7 Å². The van der Waals surface area contributed by atoms with Gasteiger partial charge in [0.1, 0.15) is 11.8 Å². The minimum atomic E-state index is -1.53. The molecule has 30 heavy (non-hydrogen) atoms. The third-order valence-electron chi connectivity index (χ3n) is 3.61. The van der Waals surface area contributed by atoms with Crippen molar-refractivity contribution in [1.82, 2.24) is 0 Å². The molecule has 0 saturated carbocycles. The van der Waals surface area contributed by atoms with Crippen LogP contribution in [0.4, 0.5) is 14.5 Å². The molecule has 0 unspecified atom stereocenters. The van der Waals surface area contributed by atoms with E-state index in [1.54, 1.807) is 26.0 Å². The van der Waals surface area contributed by atoms with E-state index in [0.29, 0.717) is 6.07 Å². The van der Waals surface area contributed by atoms with Crippen LogP contribution in [0.3, 0.4) is 0 Å². The molecular formula is C19H16F2N4O5. The molecule has 0 spiro atoms. The van der Waals surface area contributed by atoms with Gasteiger partial charge < -0.3 is 15.6 Å². The second-order valence-corrected chi connectivity index (χ2v) is 6.15.